The summed E-state index contributed by atoms with van der Waals surface area (Å²) in [5.74, 6) is -2.12. The molecule has 7 nitrogen and oxygen atoms in total. The van der Waals surface area contributed by atoms with Gasteiger partial charge in [-0.05, 0) is 36.4 Å². The van der Waals surface area contributed by atoms with E-state index in [1.807, 2.05) is 13.2 Å². The minimum atomic E-state index is -0.981. The van der Waals surface area contributed by atoms with E-state index >= 15 is 0 Å². The molecule has 30 heavy (non-hydrogen) atoms. The van der Waals surface area contributed by atoms with Crippen molar-refractivity contribution < 1.29 is 18.7 Å². The van der Waals surface area contributed by atoms with Crippen LogP contribution in [0.5, 0.6) is 0 Å². The number of nitrogens with zero attached hydrogens (tertiary/aromatic N) is 5. The average molecular weight is 431 g/mol. The number of halogens is 2. The number of hydrogen-bond donors (Lipinski definition) is 1. The summed E-state index contributed by atoms with van der Waals surface area (Å²) >= 11 is 1.41. The van der Waals surface area contributed by atoms with Gasteiger partial charge in [-0.2, -0.15) is 0 Å². The normalized spacial score (nSPS) is 16.1. The molecule has 2 aromatic heterocycles. The van der Waals surface area contributed by atoms with Gasteiger partial charge in [0.2, 0.25) is 0 Å². The summed E-state index contributed by atoms with van der Waals surface area (Å²) in [5.41, 5.74) is 2.43. The maximum atomic E-state index is 13.6. The first-order valence-electron chi connectivity index (χ1n) is 9.22. The number of thioether (sulfide) groups is 1. The number of imidazole rings is 1. The van der Waals surface area contributed by atoms with Crippen molar-refractivity contribution in [3.8, 4) is 11.4 Å². The van der Waals surface area contributed by atoms with Crippen LogP contribution in [0.2, 0.25) is 0 Å². The predicted octanol–water partition coefficient (Wildman–Crippen LogP) is 2.67. The Balaban J connectivity index is 1.68. The molecule has 1 aliphatic rings. The van der Waals surface area contributed by atoms with Crippen molar-refractivity contribution in [2.45, 2.75) is 31.2 Å². The Hall–Kier alpha value is -2.85. The van der Waals surface area contributed by atoms with E-state index in [-0.39, 0.29) is 19.0 Å². The molecule has 0 saturated heterocycles. The SMILES string of the molecule is CSc1ncc(C)c(-c2cn3c(n2)C(=O)N(Cc2ccc(F)c(F)c2)C(CO)C3)n1. The van der Waals surface area contributed by atoms with Gasteiger partial charge in [-0.25, -0.2) is 23.7 Å². The third-order valence-electron chi connectivity index (χ3n) is 5.00. The molecule has 1 amide bonds. The average Bonchev–Trinajstić information content (AvgIpc) is 3.17. The first-order valence-corrected chi connectivity index (χ1v) is 10.4. The molecule has 3 heterocycles. The molecule has 0 spiro atoms. The summed E-state index contributed by atoms with van der Waals surface area (Å²) in [6, 6.07) is 2.97. The summed E-state index contributed by atoms with van der Waals surface area (Å²) < 4.78 is 28.5. The van der Waals surface area contributed by atoms with E-state index in [1.54, 1.807) is 17.0 Å². The minimum absolute atomic E-state index is 0.0343. The van der Waals surface area contributed by atoms with Crippen molar-refractivity contribution in [2.24, 2.45) is 0 Å². The molecule has 0 radical (unpaired) electrons. The van der Waals surface area contributed by atoms with Crippen LogP contribution in [-0.2, 0) is 13.1 Å². The summed E-state index contributed by atoms with van der Waals surface area (Å²) in [4.78, 5) is 27.8. The molecule has 0 saturated carbocycles. The molecule has 0 fully saturated rings. The Bertz CT molecular complexity index is 1120. The van der Waals surface area contributed by atoms with E-state index < -0.39 is 23.6 Å². The zero-order valence-corrected chi connectivity index (χ0v) is 17.2. The van der Waals surface area contributed by atoms with Crippen LogP contribution in [0.1, 0.15) is 21.7 Å². The number of aromatic nitrogens is 4. The van der Waals surface area contributed by atoms with Gasteiger partial charge in [-0.3, -0.25) is 4.79 Å². The number of fused-ring (bicyclic) bond motifs is 1. The third kappa shape index (κ3) is 3.68. The molecule has 1 atom stereocenters. The van der Waals surface area contributed by atoms with Gasteiger partial charge in [0.1, 0.15) is 5.69 Å². The second kappa shape index (κ2) is 8.11. The number of amides is 1. The molecule has 1 aliphatic heterocycles. The fraction of sp³-hybridized carbons (Fsp3) is 0.300. The van der Waals surface area contributed by atoms with Crippen molar-refractivity contribution in [1.82, 2.24) is 24.4 Å². The largest absolute Gasteiger partial charge is 0.394 e. The predicted molar refractivity (Wildman–Crippen MR) is 107 cm³/mol. The van der Waals surface area contributed by atoms with Gasteiger partial charge in [-0.15, -0.1) is 0 Å². The van der Waals surface area contributed by atoms with Crippen molar-refractivity contribution in [3.05, 3.63) is 59.2 Å². The first kappa shape index (κ1) is 20.4. The van der Waals surface area contributed by atoms with Gasteiger partial charge in [0.15, 0.2) is 22.6 Å². The van der Waals surface area contributed by atoms with Crippen LogP contribution < -0.4 is 0 Å². The highest BCUT2D eigenvalue weighted by Gasteiger charge is 2.34. The third-order valence-corrected chi connectivity index (χ3v) is 5.56. The summed E-state index contributed by atoms with van der Waals surface area (Å²) in [6.45, 7) is 1.96. The number of aryl methyl sites for hydroxylation is 1. The molecule has 0 bridgehead atoms. The van der Waals surface area contributed by atoms with Gasteiger partial charge >= 0.3 is 0 Å². The molecule has 1 unspecified atom stereocenters. The van der Waals surface area contributed by atoms with Gasteiger partial charge in [0.05, 0.1) is 18.3 Å². The Morgan fingerprint density at radius 1 is 1.27 bits per heavy atom. The van der Waals surface area contributed by atoms with E-state index in [0.29, 0.717) is 28.7 Å². The number of aliphatic hydroxyl groups is 1. The van der Waals surface area contributed by atoms with E-state index in [2.05, 4.69) is 15.0 Å². The molecule has 1 N–H and O–H groups in total. The Labute approximate surface area is 175 Å². The topological polar surface area (TPSA) is 84.1 Å². The van der Waals surface area contributed by atoms with Crippen LogP contribution in [0.25, 0.3) is 11.4 Å². The highest BCUT2D eigenvalue weighted by Crippen LogP contribution is 2.27. The number of carbonyl (C=O) groups excluding carboxylic acids is 1. The van der Waals surface area contributed by atoms with Crippen LogP contribution >= 0.6 is 11.8 Å². The number of aliphatic hydroxyl groups excluding tert-OH is 1. The lowest BCUT2D eigenvalue weighted by Crippen LogP contribution is -2.49. The van der Waals surface area contributed by atoms with Gasteiger partial charge in [-0.1, -0.05) is 17.8 Å². The molecule has 3 aromatic rings. The smallest absolute Gasteiger partial charge is 0.290 e. The fourth-order valence-corrected chi connectivity index (χ4v) is 3.78. The van der Waals surface area contributed by atoms with Crippen LogP contribution in [0.3, 0.4) is 0 Å². The molecule has 4 rings (SSSR count). The first-order chi connectivity index (χ1) is 14.4. The quantitative estimate of drug-likeness (QED) is 0.494. The van der Waals surface area contributed by atoms with Crippen LogP contribution in [0.15, 0.2) is 35.7 Å². The molecular formula is C20H19F2N5O2S. The Morgan fingerprint density at radius 3 is 2.77 bits per heavy atom. The number of carbonyl (C=O) groups is 1. The van der Waals surface area contributed by atoms with Crippen LogP contribution in [0.4, 0.5) is 8.78 Å². The zero-order chi connectivity index (χ0) is 21.4. The van der Waals surface area contributed by atoms with Crippen LogP contribution in [0, 0.1) is 18.6 Å². The Kier molecular flexibility index (Phi) is 5.52. The molecule has 0 aliphatic carbocycles. The summed E-state index contributed by atoms with van der Waals surface area (Å²) in [5, 5.41) is 10.4. The molecule has 156 valence electrons. The second-order valence-corrected chi connectivity index (χ2v) is 7.78. The van der Waals surface area contributed by atoms with Crippen molar-refractivity contribution >= 4 is 17.7 Å². The summed E-state index contributed by atoms with van der Waals surface area (Å²) in [6.07, 6.45) is 5.32. The molecular weight excluding hydrogens is 412 g/mol. The van der Waals surface area contributed by atoms with E-state index in [0.717, 1.165) is 17.7 Å². The lowest BCUT2D eigenvalue weighted by atomic mass is 10.1. The van der Waals surface area contributed by atoms with Gasteiger partial charge in [0.25, 0.3) is 5.91 Å². The van der Waals surface area contributed by atoms with E-state index in [1.165, 1.54) is 22.7 Å². The minimum Gasteiger partial charge on any atom is -0.394 e. The van der Waals surface area contributed by atoms with Crippen molar-refractivity contribution in [3.63, 3.8) is 0 Å². The highest BCUT2D eigenvalue weighted by atomic mass is 32.2. The Morgan fingerprint density at radius 2 is 2.07 bits per heavy atom. The number of hydrogen-bond acceptors (Lipinski definition) is 6. The number of benzene rings is 1. The van der Waals surface area contributed by atoms with Crippen molar-refractivity contribution in [1.29, 1.82) is 0 Å². The summed E-state index contributed by atoms with van der Waals surface area (Å²) in [7, 11) is 0. The lowest BCUT2D eigenvalue weighted by molar-refractivity contribution is 0.0451. The standard InChI is InChI=1S/C20H19F2N5O2S/c1-11-6-23-20(30-2)25-17(11)16-9-26-8-13(10-28)27(19(29)18(26)24-16)7-12-3-4-14(21)15(22)5-12/h3-6,9,13,28H,7-8,10H2,1-2H3. The van der Waals surface area contributed by atoms with Gasteiger partial charge in [0, 0.05) is 25.5 Å². The fourth-order valence-electron chi connectivity index (χ4n) is 3.44. The lowest BCUT2D eigenvalue weighted by Gasteiger charge is -2.34. The maximum absolute atomic E-state index is 13.6. The highest BCUT2D eigenvalue weighted by molar-refractivity contribution is 7.98. The molecule has 10 heteroatoms. The van der Waals surface area contributed by atoms with E-state index in [9.17, 15) is 18.7 Å². The molecule has 1 aromatic carbocycles. The van der Waals surface area contributed by atoms with E-state index in [4.69, 9.17) is 0 Å². The maximum Gasteiger partial charge on any atom is 0.290 e. The monoisotopic (exact) mass is 431 g/mol. The zero-order valence-electron chi connectivity index (χ0n) is 16.3. The van der Waals surface area contributed by atoms with Crippen LogP contribution in [-0.4, -0.2) is 54.3 Å². The van der Waals surface area contributed by atoms with Crippen molar-refractivity contribution in [2.75, 3.05) is 12.9 Å². The second-order valence-electron chi connectivity index (χ2n) is 7.01. The number of rotatable bonds is 5. The van der Waals surface area contributed by atoms with Gasteiger partial charge < -0.3 is 14.6 Å².